The lowest BCUT2D eigenvalue weighted by atomic mass is 10.2. The fraction of sp³-hybridized carbons (Fsp3) is 0.125. The number of benzene rings is 1. The normalized spacial score (nSPS) is 11.1. The van der Waals surface area contributed by atoms with Gasteiger partial charge in [0.2, 0.25) is 11.7 Å². The van der Waals surface area contributed by atoms with Crippen LogP contribution in [-0.4, -0.2) is 30.0 Å². The van der Waals surface area contributed by atoms with Gasteiger partial charge in [-0.25, -0.2) is 0 Å². The number of aromatic hydroxyl groups is 1. The van der Waals surface area contributed by atoms with Gasteiger partial charge in [-0.15, -0.1) is 21.5 Å². The minimum Gasteiger partial charge on any atom is -0.508 e. The monoisotopic (exact) mass is 371 g/mol. The van der Waals surface area contributed by atoms with Crippen LogP contribution in [0.1, 0.15) is 5.89 Å². The molecule has 25 heavy (non-hydrogen) atoms. The van der Waals surface area contributed by atoms with Crippen LogP contribution in [0.4, 0.5) is 0 Å². The fourth-order valence-electron chi connectivity index (χ4n) is 2.26. The van der Waals surface area contributed by atoms with E-state index in [0.29, 0.717) is 23.0 Å². The van der Waals surface area contributed by atoms with Crippen LogP contribution in [0.25, 0.3) is 22.1 Å². The van der Waals surface area contributed by atoms with E-state index in [-0.39, 0.29) is 5.75 Å². The Hall–Kier alpha value is -2.65. The van der Waals surface area contributed by atoms with Crippen molar-refractivity contribution in [3.8, 4) is 27.8 Å². The highest BCUT2D eigenvalue weighted by molar-refractivity contribution is 7.98. The molecule has 0 unspecified atom stereocenters. The molecule has 0 saturated heterocycles. The molecule has 7 nitrogen and oxygen atoms in total. The molecule has 0 aliphatic carbocycles. The Labute approximate surface area is 151 Å². The van der Waals surface area contributed by atoms with E-state index in [1.807, 2.05) is 35.2 Å². The molecule has 9 heteroatoms. The molecule has 1 N–H and O–H groups in total. The number of hydrogen-bond acceptors (Lipinski definition) is 8. The van der Waals surface area contributed by atoms with Gasteiger partial charge in [-0.3, -0.25) is 0 Å². The summed E-state index contributed by atoms with van der Waals surface area (Å²) in [6, 6.07) is 10.8. The molecule has 4 aromatic rings. The molecule has 3 aromatic heterocycles. The lowest BCUT2D eigenvalue weighted by Gasteiger charge is -2.00. The van der Waals surface area contributed by atoms with Crippen LogP contribution in [0.2, 0.25) is 0 Å². The van der Waals surface area contributed by atoms with Crippen molar-refractivity contribution in [2.75, 3.05) is 0 Å². The van der Waals surface area contributed by atoms with E-state index >= 15 is 0 Å². The summed E-state index contributed by atoms with van der Waals surface area (Å²) < 4.78 is 7.23. The van der Waals surface area contributed by atoms with Crippen molar-refractivity contribution >= 4 is 23.1 Å². The van der Waals surface area contributed by atoms with Crippen molar-refractivity contribution in [3.05, 3.63) is 47.7 Å². The topological polar surface area (TPSA) is 89.9 Å². The molecule has 3 heterocycles. The first-order valence-electron chi connectivity index (χ1n) is 7.39. The summed E-state index contributed by atoms with van der Waals surface area (Å²) in [7, 11) is 1.93. The molecule has 0 spiro atoms. The SMILES string of the molecule is Cn1c(SCc2nc(-c3cccc(O)c3)no2)nnc1-c1cccs1. The van der Waals surface area contributed by atoms with Crippen molar-refractivity contribution < 1.29 is 9.63 Å². The second-order valence-electron chi connectivity index (χ2n) is 5.19. The first-order valence-corrected chi connectivity index (χ1v) is 9.25. The number of nitrogens with zero attached hydrogens (tertiary/aromatic N) is 5. The molecule has 0 saturated carbocycles. The number of aromatic nitrogens is 5. The van der Waals surface area contributed by atoms with E-state index in [2.05, 4.69) is 20.3 Å². The highest BCUT2D eigenvalue weighted by atomic mass is 32.2. The lowest BCUT2D eigenvalue weighted by molar-refractivity contribution is 0.391. The Morgan fingerprint density at radius 1 is 1.24 bits per heavy atom. The maximum absolute atomic E-state index is 9.54. The highest BCUT2D eigenvalue weighted by Gasteiger charge is 2.14. The average Bonchev–Trinajstić information content (AvgIpc) is 3.34. The van der Waals surface area contributed by atoms with Crippen LogP contribution in [0, 0.1) is 0 Å². The predicted octanol–water partition coefficient (Wildman–Crippen LogP) is 3.59. The number of thioether (sulfide) groups is 1. The third kappa shape index (κ3) is 3.28. The maximum Gasteiger partial charge on any atom is 0.237 e. The van der Waals surface area contributed by atoms with E-state index in [1.165, 1.54) is 11.8 Å². The second kappa shape index (κ2) is 6.69. The first-order chi connectivity index (χ1) is 12.2. The van der Waals surface area contributed by atoms with Gasteiger partial charge in [-0.05, 0) is 23.6 Å². The molecule has 0 aliphatic heterocycles. The lowest BCUT2D eigenvalue weighted by Crippen LogP contribution is -1.94. The standard InChI is InChI=1S/C16H13N5O2S2/c1-21-15(12-6-3-7-24-12)18-19-16(21)25-9-13-17-14(20-23-13)10-4-2-5-11(22)8-10/h2-8,22H,9H2,1H3. The fourth-order valence-corrected chi connectivity index (χ4v) is 3.76. The number of hydrogen-bond donors (Lipinski definition) is 1. The van der Waals surface area contributed by atoms with Gasteiger partial charge in [0.1, 0.15) is 5.75 Å². The summed E-state index contributed by atoms with van der Waals surface area (Å²) >= 11 is 3.10. The predicted molar refractivity (Wildman–Crippen MR) is 95.3 cm³/mol. The van der Waals surface area contributed by atoms with Crippen molar-refractivity contribution in [1.29, 1.82) is 0 Å². The number of phenols is 1. The van der Waals surface area contributed by atoms with Gasteiger partial charge in [0.15, 0.2) is 11.0 Å². The Morgan fingerprint density at radius 3 is 2.96 bits per heavy atom. The minimum absolute atomic E-state index is 0.165. The first kappa shape index (κ1) is 15.9. The van der Waals surface area contributed by atoms with Gasteiger partial charge in [0, 0.05) is 12.6 Å². The van der Waals surface area contributed by atoms with Crippen molar-refractivity contribution in [2.45, 2.75) is 10.9 Å². The van der Waals surface area contributed by atoms with E-state index in [9.17, 15) is 5.11 Å². The van der Waals surface area contributed by atoms with E-state index in [1.54, 1.807) is 29.5 Å². The van der Waals surface area contributed by atoms with Crippen LogP contribution >= 0.6 is 23.1 Å². The smallest absolute Gasteiger partial charge is 0.237 e. The third-order valence-corrected chi connectivity index (χ3v) is 5.34. The Morgan fingerprint density at radius 2 is 2.16 bits per heavy atom. The number of thiophene rings is 1. The summed E-state index contributed by atoms with van der Waals surface area (Å²) in [4.78, 5) is 5.43. The van der Waals surface area contributed by atoms with Crippen LogP contribution in [-0.2, 0) is 12.8 Å². The highest BCUT2D eigenvalue weighted by Crippen LogP contribution is 2.28. The molecule has 0 radical (unpaired) electrons. The zero-order valence-electron chi connectivity index (χ0n) is 13.2. The molecule has 126 valence electrons. The molecule has 0 amide bonds. The molecular weight excluding hydrogens is 358 g/mol. The van der Waals surface area contributed by atoms with E-state index in [0.717, 1.165) is 15.9 Å². The summed E-state index contributed by atoms with van der Waals surface area (Å²) in [6.07, 6.45) is 0. The molecular formula is C16H13N5O2S2. The number of rotatable bonds is 5. The maximum atomic E-state index is 9.54. The van der Waals surface area contributed by atoms with Gasteiger partial charge < -0.3 is 14.2 Å². The van der Waals surface area contributed by atoms with Crippen molar-refractivity contribution in [2.24, 2.45) is 7.05 Å². The molecule has 0 bridgehead atoms. The van der Waals surface area contributed by atoms with Crippen LogP contribution in [0.15, 0.2) is 51.5 Å². The molecule has 0 atom stereocenters. The summed E-state index contributed by atoms with van der Waals surface area (Å²) in [6.45, 7) is 0. The quantitative estimate of drug-likeness (QED) is 0.536. The van der Waals surface area contributed by atoms with Gasteiger partial charge >= 0.3 is 0 Å². The average molecular weight is 371 g/mol. The van der Waals surface area contributed by atoms with Crippen LogP contribution in [0.5, 0.6) is 5.75 Å². The summed E-state index contributed by atoms with van der Waals surface area (Å²) in [5.41, 5.74) is 0.707. The summed E-state index contributed by atoms with van der Waals surface area (Å²) in [5.74, 6) is 2.43. The van der Waals surface area contributed by atoms with Crippen LogP contribution in [0.3, 0.4) is 0 Å². The van der Waals surface area contributed by atoms with Crippen LogP contribution < -0.4 is 0 Å². The van der Waals surface area contributed by atoms with E-state index < -0.39 is 0 Å². The van der Waals surface area contributed by atoms with Gasteiger partial charge in [-0.1, -0.05) is 35.1 Å². The Bertz CT molecular complexity index is 994. The molecule has 1 aromatic carbocycles. The Balaban J connectivity index is 1.48. The van der Waals surface area contributed by atoms with Gasteiger partial charge in [0.25, 0.3) is 0 Å². The number of phenolic OH excluding ortho intramolecular Hbond substituents is 1. The minimum atomic E-state index is 0.165. The van der Waals surface area contributed by atoms with E-state index in [4.69, 9.17) is 4.52 Å². The zero-order valence-corrected chi connectivity index (χ0v) is 14.8. The third-order valence-electron chi connectivity index (χ3n) is 3.47. The zero-order chi connectivity index (χ0) is 17.2. The summed E-state index contributed by atoms with van der Waals surface area (Å²) in [5, 5.41) is 24.7. The van der Waals surface area contributed by atoms with Gasteiger partial charge in [0.05, 0.1) is 10.6 Å². The van der Waals surface area contributed by atoms with Crippen molar-refractivity contribution in [3.63, 3.8) is 0 Å². The molecule has 4 rings (SSSR count). The second-order valence-corrected chi connectivity index (χ2v) is 7.08. The largest absolute Gasteiger partial charge is 0.508 e. The molecule has 0 aliphatic rings. The van der Waals surface area contributed by atoms with Crippen molar-refractivity contribution in [1.82, 2.24) is 24.9 Å². The molecule has 0 fully saturated rings. The van der Waals surface area contributed by atoms with Gasteiger partial charge in [-0.2, -0.15) is 4.98 Å². The Kier molecular flexibility index (Phi) is 4.24.